The molecule has 0 aromatic heterocycles. The maximum absolute atomic E-state index is 14.2. The lowest BCUT2D eigenvalue weighted by Crippen LogP contribution is -2.48. The molecule has 2 N–H and O–H groups in total. The summed E-state index contributed by atoms with van der Waals surface area (Å²) in [5.41, 5.74) is 0.391. The molecule has 212 valence electrons. The van der Waals surface area contributed by atoms with Crippen LogP contribution in [0.25, 0.3) is 0 Å². The predicted octanol–water partition coefficient (Wildman–Crippen LogP) is 5.42. The SMILES string of the molecule is CC(C)(O)c1ccc2c(c1)C(=O)N(Cc1ccc(Cl)cc1)[C@@]2(OCC1(CNS(C)(=O)=O)CC1)c1ccc(Cl)cc1. The molecule has 2 aliphatic rings. The van der Waals surface area contributed by atoms with E-state index >= 15 is 0 Å². The van der Waals surface area contributed by atoms with Gasteiger partial charge in [-0.2, -0.15) is 0 Å². The second-order valence-corrected chi connectivity index (χ2v) is 14.1. The Morgan fingerprint density at radius 3 is 2.15 bits per heavy atom. The summed E-state index contributed by atoms with van der Waals surface area (Å²) in [5.74, 6) is -0.245. The monoisotopic (exact) mass is 602 g/mol. The zero-order valence-corrected chi connectivity index (χ0v) is 24.9. The molecule has 1 atom stereocenters. The summed E-state index contributed by atoms with van der Waals surface area (Å²) in [7, 11) is -3.38. The van der Waals surface area contributed by atoms with Crippen LogP contribution in [0.3, 0.4) is 0 Å². The summed E-state index contributed by atoms with van der Waals surface area (Å²) in [6.45, 7) is 4.04. The number of fused-ring (bicyclic) bond motifs is 1. The van der Waals surface area contributed by atoms with E-state index in [1.165, 1.54) is 0 Å². The quantitative estimate of drug-likeness (QED) is 0.323. The zero-order chi connectivity index (χ0) is 28.9. The maximum Gasteiger partial charge on any atom is 0.257 e. The summed E-state index contributed by atoms with van der Waals surface area (Å²) >= 11 is 12.4. The van der Waals surface area contributed by atoms with Crippen LogP contribution in [0, 0.1) is 5.41 Å². The number of sulfonamides is 1. The summed E-state index contributed by atoms with van der Waals surface area (Å²) in [5, 5.41) is 11.8. The van der Waals surface area contributed by atoms with Crippen molar-refractivity contribution in [3.8, 4) is 0 Å². The molecule has 5 rings (SSSR count). The molecule has 1 fully saturated rings. The lowest BCUT2D eigenvalue weighted by Gasteiger charge is -2.40. The number of ether oxygens (including phenoxy) is 1. The number of nitrogens with zero attached hydrogens (tertiary/aromatic N) is 1. The lowest BCUT2D eigenvalue weighted by molar-refractivity contribution is -0.124. The number of amides is 1. The molecule has 3 aromatic carbocycles. The van der Waals surface area contributed by atoms with Crippen molar-refractivity contribution in [2.24, 2.45) is 5.41 Å². The standard InChI is InChI=1S/C30H32Cl2N2O5S/c1-28(2,36)22-8-13-26-25(16-22)27(35)34(17-20-4-9-23(31)10-5-20)30(26,21-6-11-24(32)12-7-21)39-19-29(14-15-29)18-33-40(3,37)38/h4-13,16,33,36H,14-15,17-19H2,1-3H3/t30-/m1/s1. The van der Waals surface area contributed by atoms with Crippen LogP contribution in [0.4, 0.5) is 0 Å². The van der Waals surface area contributed by atoms with Crippen molar-refractivity contribution >= 4 is 39.1 Å². The first kappa shape index (κ1) is 29.0. The number of nitrogens with one attached hydrogen (secondary N) is 1. The maximum atomic E-state index is 14.2. The number of hydrogen-bond donors (Lipinski definition) is 2. The Balaban J connectivity index is 1.65. The topological polar surface area (TPSA) is 95.9 Å². The van der Waals surface area contributed by atoms with Crippen LogP contribution in [0.1, 0.15) is 59.3 Å². The Bertz CT molecular complexity index is 1530. The van der Waals surface area contributed by atoms with Gasteiger partial charge in [0.15, 0.2) is 5.72 Å². The molecule has 0 bridgehead atoms. The summed E-state index contributed by atoms with van der Waals surface area (Å²) in [6, 6.07) is 19.9. The molecule has 7 nitrogen and oxygen atoms in total. The van der Waals surface area contributed by atoms with Gasteiger partial charge in [0.2, 0.25) is 10.0 Å². The molecule has 10 heteroatoms. The summed E-state index contributed by atoms with van der Waals surface area (Å²) < 4.78 is 33.2. The first-order chi connectivity index (χ1) is 18.7. The van der Waals surface area contributed by atoms with Crippen molar-refractivity contribution in [3.63, 3.8) is 0 Å². The van der Waals surface area contributed by atoms with Crippen molar-refractivity contribution in [3.05, 3.63) is 105 Å². The predicted molar refractivity (Wildman–Crippen MR) is 156 cm³/mol. The fourth-order valence-electron chi connectivity index (χ4n) is 5.10. The average Bonchev–Trinajstić information content (AvgIpc) is 3.63. The van der Waals surface area contributed by atoms with E-state index in [0.717, 1.165) is 24.7 Å². The Kier molecular flexibility index (Phi) is 7.57. The van der Waals surface area contributed by atoms with Crippen LogP contribution in [0.5, 0.6) is 0 Å². The number of benzene rings is 3. The van der Waals surface area contributed by atoms with E-state index in [9.17, 15) is 18.3 Å². The number of carbonyl (C=O) groups is 1. The van der Waals surface area contributed by atoms with E-state index in [0.29, 0.717) is 32.3 Å². The van der Waals surface area contributed by atoms with Gasteiger partial charge in [-0.05, 0) is 68.1 Å². The number of hydrogen-bond acceptors (Lipinski definition) is 5. The van der Waals surface area contributed by atoms with Gasteiger partial charge in [0.25, 0.3) is 5.91 Å². The second kappa shape index (κ2) is 10.4. The summed E-state index contributed by atoms with van der Waals surface area (Å²) in [4.78, 5) is 15.9. The van der Waals surface area contributed by atoms with E-state index in [2.05, 4.69) is 4.72 Å². The van der Waals surface area contributed by atoms with Crippen LogP contribution in [0.2, 0.25) is 10.0 Å². The zero-order valence-electron chi connectivity index (χ0n) is 22.6. The fourth-order valence-corrected chi connectivity index (χ4v) is 5.92. The highest BCUT2D eigenvalue weighted by molar-refractivity contribution is 7.88. The average molecular weight is 604 g/mol. The third-order valence-electron chi connectivity index (χ3n) is 7.69. The molecular weight excluding hydrogens is 571 g/mol. The molecule has 1 saturated carbocycles. The molecular formula is C30H32Cl2N2O5S. The first-order valence-electron chi connectivity index (χ1n) is 13.0. The Morgan fingerprint density at radius 2 is 1.60 bits per heavy atom. The third-order valence-corrected chi connectivity index (χ3v) is 8.86. The normalized spacial score (nSPS) is 20.1. The van der Waals surface area contributed by atoms with Crippen molar-refractivity contribution < 1.29 is 23.1 Å². The van der Waals surface area contributed by atoms with Gasteiger partial charge >= 0.3 is 0 Å². The fraction of sp³-hybridized carbons (Fsp3) is 0.367. The molecule has 0 saturated heterocycles. The highest BCUT2D eigenvalue weighted by atomic mass is 35.5. The van der Waals surface area contributed by atoms with Gasteiger partial charge in [0.1, 0.15) is 0 Å². The third kappa shape index (κ3) is 5.79. The Morgan fingerprint density at radius 1 is 1.00 bits per heavy atom. The van der Waals surface area contributed by atoms with Crippen LogP contribution < -0.4 is 4.72 Å². The molecule has 1 amide bonds. The number of aliphatic hydroxyl groups is 1. The van der Waals surface area contributed by atoms with Crippen molar-refractivity contribution in [2.45, 2.75) is 44.6 Å². The van der Waals surface area contributed by atoms with Crippen molar-refractivity contribution in [2.75, 3.05) is 19.4 Å². The van der Waals surface area contributed by atoms with E-state index in [4.69, 9.17) is 27.9 Å². The van der Waals surface area contributed by atoms with Crippen LogP contribution >= 0.6 is 23.2 Å². The molecule has 0 radical (unpaired) electrons. The van der Waals surface area contributed by atoms with Crippen molar-refractivity contribution in [1.82, 2.24) is 9.62 Å². The smallest absolute Gasteiger partial charge is 0.257 e. The minimum atomic E-state index is -3.38. The minimum Gasteiger partial charge on any atom is -0.386 e. The van der Waals surface area contributed by atoms with Gasteiger partial charge in [-0.3, -0.25) is 9.69 Å². The van der Waals surface area contributed by atoms with Gasteiger partial charge in [-0.25, -0.2) is 13.1 Å². The molecule has 40 heavy (non-hydrogen) atoms. The molecule has 1 aliphatic carbocycles. The van der Waals surface area contributed by atoms with E-state index in [1.807, 2.05) is 36.4 Å². The molecule has 0 spiro atoms. The van der Waals surface area contributed by atoms with Gasteiger partial charge in [0.05, 0.1) is 18.5 Å². The van der Waals surface area contributed by atoms with E-state index < -0.39 is 21.3 Å². The second-order valence-electron chi connectivity index (χ2n) is 11.4. The minimum absolute atomic E-state index is 0.217. The van der Waals surface area contributed by atoms with Crippen molar-refractivity contribution in [1.29, 1.82) is 0 Å². The molecule has 0 unspecified atom stereocenters. The molecule has 1 aliphatic heterocycles. The number of carbonyl (C=O) groups excluding carboxylic acids is 1. The summed E-state index contributed by atoms with van der Waals surface area (Å²) in [6.07, 6.45) is 2.72. The Hall–Kier alpha value is -2.46. The largest absolute Gasteiger partial charge is 0.386 e. The van der Waals surface area contributed by atoms with Gasteiger partial charge in [0, 0.05) is 45.2 Å². The lowest BCUT2D eigenvalue weighted by atomic mass is 9.89. The molecule has 1 heterocycles. The number of halogens is 2. The van der Waals surface area contributed by atoms with Crippen LogP contribution in [-0.2, 0) is 32.6 Å². The van der Waals surface area contributed by atoms with E-state index in [-0.39, 0.29) is 31.0 Å². The van der Waals surface area contributed by atoms with Gasteiger partial charge in [-0.15, -0.1) is 0 Å². The highest BCUT2D eigenvalue weighted by Gasteiger charge is 2.55. The first-order valence-corrected chi connectivity index (χ1v) is 15.7. The van der Waals surface area contributed by atoms with Gasteiger partial charge < -0.3 is 9.84 Å². The Labute approximate surface area is 245 Å². The van der Waals surface area contributed by atoms with Crippen LogP contribution in [0.15, 0.2) is 66.7 Å². The number of rotatable bonds is 10. The van der Waals surface area contributed by atoms with Gasteiger partial charge in [-0.1, -0.05) is 59.6 Å². The highest BCUT2D eigenvalue weighted by Crippen LogP contribution is 2.51. The van der Waals surface area contributed by atoms with Crippen LogP contribution in [-0.4, -0.2) is 43.7 Å². The van der Waals surface area contributed by atoms with E-state index in [1.54, 1.807) is 49.1 Å². The molecule has 3 aromatic rings.